The summed E-state index contributed by atoms with van der Waals surface area (Å²) in [5, 5.41) is 17.5. The lowest BCUT2D eigenvalue weighted by molar-refractivity contribution is 0.0692. The van der Waals surface area contributed by atoms with Crippen molar-refractivity contribution in [3.8, 4) is 0 Å². The average molecular weight is 286 g/mol. The second kappa shape index (κ2) is 4.82. The molecule has 0 saturated heterocycles. The molecule has 9 nitrogen and oxygen atoms in total. The van der Waals surface area contributed by atoms with Crippen molar-refractivity contribution in [1.82, 2.24) is 20.1 Å². The Labute approximate surface area is 107 Å². The predicted octanol–water partition coefficient (Wildman–Crippen LogP) is -0.117. The molecule has 2 aromatic rings. The van der Waals surface area contributed by atoms with Gasteiger partial charge in [-0.3, -0.25) is 5.10 Å². The smallest absolute Gasteiger partial charge is 0.340 e. The van der Waals surface area contributed by atoms with Crippen LogP contribution >= 0.6 is 0 Å². The third kappa shape index (κ3) is 2.80. The highest BCUT2D eigenvalue weighted by atomic mass is 32.2. The number of hydrogen-bond donors (Lipinski definition) is 3. The van der Waals surface area contributed by atoms with Crippen molar-refractivity contribution in [3.05, 3.63) is 29.3 Å². The molecule has 0 amide bonds. The van der Waals surface area contributed by atoms with Crippen LogP contribution in [0.15, 0.2) is 21.8 Å². The zero-order valence-electron chi connectivity index (χ0n) is 9.74. The molecule has 2 heterocycles. The van der Waals surface area contributed by atoms with Crippen LogP contribution in [0.5, 0.6) is 0 Å². The molecule has 0 aliphatic heterocycles. The topological polar surface area (TPSA) is 138 Å². The summed E-state index contributed by atoms with van der Waals surface area (Å²) in [5.74, 6) is -1.07. The third-order valence-electron chi connectivity index (χ3n) is 2.22. The van der Waals surface area contributed by atoms with E-state index >= 15 is 0 Å². The van der Waals surface area contributed by atoms with Gasteiger partial charge in [-0.25, -0.2) is 17.9 Å². The lowest BCUT2D eigenvalue weighted by Gasteiger charge is -2.03. The summed E-state index contributed by atoms with van der Waals surface area (Å²) in [6.07, 6.45) is 0.926. The maximum atomic E-state index is 11.9. The van der Waals surface area contributed by atoms with Gasteiger partial charge in [-0.1, -0.05) is 5.16 Å². The Kier molecular flexibility index (Phi) is 3.36. The molecule has 0 spiro atoms. The summed E-state index contributed by atoms with van der Waals surface area (Å²) in [4.78, 5) is 10.8. The number of aromatic amines is 1. The van der Waals surface area contributed by atoms with Crippen LogP contribution in [0.3, 0.4) is 0 Å². The van der Waals surface area contributed by atoms with Gasteiger partial charge < -0.3 is 9.63 Å². The van der Waals surface area contributed by atoms with Crippen LogP contribution in [0.25, 0.3) is 0 Å². The number of sulfonamides is 1. The monoisotopic (exact) mass is 286 g/mol. The number of rotatable bonds is 5. The van der Waals surface area contributed by atoms with Crippen molar-refractivity contribution < 1.29 is 22.8 Å². The van der Waals surface area contributed by atoms with E-state index in [1.165, 1.54) is 0 Å². The molecule has 10 heteroatoms. The molecule has 3 N–H and O–H groups in total. The van der Waals surface area contributed by atoms with E-state index in [1.54, 1.807) is 13.0 Å². The van der Waals surface area contributed by atoms with E-state index in [4.69, 9.17) is 9.63 Å². The van der Waals surface area contributed by atoms with E-state index < -0.39 is 26.6 Å². The van der Waals surface area contributed by atoms with Crippen molar-refractivity contribution in [2.24, 2.45) is 0 Å². The molecule has 0 fully saturated rings. The number of aromatic nitrogens is 3. The molecule has 0 saturated carbocycles. The molecule has 0 atom stereocenters. The van der Waals surface area contributed by atoms with E-state index in [2.05, 4.69) is 20.1 Å². The zero-order valence-corrected chi connectivity index (χ0v) is 10.6. The SMILES string of the molecule is Cc1cc(CNS(=O)(=O)c2[nH]ncc2C(=O)O)on1. The maximum absolute atomic E-state index is 11.9. The van der Waals surface area contributed by atoms with Crippen molar-refractivity contribution >= 4 is 16.0 Å². The molecule has 0 radical (unpaired) electrons. The third-order valence-corrected chi connectivity index (χ3v) is 3.59. The normalized spacial score (nSPS) is 11.6. The molecule has 0 aromatic carbocycles. The maximum Gasteiger partial charge on any atom is 0.340 e. The van der Waals surface area contributed by atoms with Gasteiger partial charge >= 0.3 is 5.97 Å². The lowest BCUT2D eigenvalue weighted by Crippen LogP contribution is -2.25. The first-order valence-corrected chi connectivity index (χ1v) is 6.57. The van der Waals surface area contributed by atoms with Crippen LogP contribution in [-0.4, -0.2) is 34.8 Å². The molecule has 102 valence electrons. The second-order valence-electron chi connectivity index (χ2n) is 3.68. The van der Waals surface area contributed by atoms with Crippen LogP contribution in [0.2, 0.25) is 0 Å². The van der Waals surface area contributed by atoms with E-state index in [1.807, 2.05) is 0 Å². The number of carbonyl (C=O) groups is 1. The fourth-order valence-corrected chi connectivity index (χ4v) is 2.45. The van der Waals surface area contributed by atoms with Gasteiger partial charge in [0, 0.05) is 6.07 Å². The minimum atomic E-state index is -4.02. The minimum Gasteiger partial charge on any atom is -0.478 e. The van der Waals surface area contributed by atoms with E-state index in [9.17, 15) is 13.2 Å². The number of aromatic carboxylic acids is 1. The van der Waals surface area contributed by atoms with Gasteiger partial charge in [0.15, 0.2) is 10.8 Å². The fourth-order valence-electron chi connectivity index (χ4n) is 1.37. The van der Waals surface area contributed by atoms with Crippen LogP contribution < -0.4 is 4.72 Å². The second-order valence-corrected chi connectivity index (χ2v) is 5.38. The summed E-state index contributed by atoms with van der Waals surface area (Å²) in [5.41, 5.74) is 0.184. The molecular weight excluding hydrogens is 276 g/mol. The quantitative estimate of drug-likeness (QED) is 0.696. The Morgan fingerprint density at radius 2 is 2.32 bits per heavy atom. The van der Waals surface area contributed by atoms with Crippen molar-refractivity contribution in [1.29, 1.82) is 0 Å². The van der Waals surface area contributed by atoms with Crippen LogP contribution in [-0.2, 0) is 16.6 Å². The first kappa shape index (κ1) is 13.2. The van der Waals surface area contributed by atoms with Gasteiger partial charge in [-0.15, -0.1) is 0 Å². The standard InChI is InChI=1S/C9H10N4O5S/c1-5-2-6(18-13-5)3-11-19(16,17)8-7(9(14)15)4-10-12-8/h2,4,11H,3H2,1H3,(H,10,12)(H,14,15). The van der Waals surface area contributed by atoms with Gasteiger partial charge in [0.1, 0.15) is 5.56 Å². The van der Waals surface area contributed by atoms with Crippen molar-refractivity contribution in [2.75, 3.05) is 0 Å². The fraction of sp³-hybridized carbons (Fsp3) is 0.222. The van der Waals surface area contributed by atoms with Crippen molar-refractivity contribution in [3.63, 3.8) is 0 Å². The van der Waals surface area contributed by atoms with E-state index in [0.717, 1.165) is 6.20 Å². The number of H-pyrrole nitrogens is 1. The molecule has 0 unspecified atom stereocenters. The number of carboxylic acid groups (broad SMARTS) is 1. The van der Waals surface area contributed by atoms with Crippen molar-refractivity contribution in [2.45, 2.75) is 18.5 Å². The summed E-state index contributed by atoms with van der Waals surface area (Å²) in [6, 6.07) is 1.56. The lowest BCUT2D eigenvalue weighted by atomic mass is 10.4. The molecule has 0 aliphatic carbocycles. The number of nitrogens with zero attached hydrogens (tertiary/aromatic N) is 2. The van der Waals surface area contributed by atoms with Crippen LogP contribution in [0, 0.1) is 6.92 Å². The summed E-state index contributed by atoms with van der Waals surface area (Å²) in [6.45, 7) is 1.56. The molecule has 0 aliphatic rings. The summed E-state index contributed by atoms with van der Waals surface area (Å²) >= 11 is 0. The Morgan fingerprint density at radius 3 is 2.89 bits per heavy atom. The highest BCUT2D eigenvalue weighted by Crippen LogP contribution is 2.12. The minimum absolute atomic E-state index is 0.138. The van der Waals surface area contributed by atoms with Gasteiger partial charge in [-0.05, 0) is 6.92 Å². The number of nitrogens with one attached hydrogen (secondary N) is 2. The number of carboxylic acids is 1. The predicted molar refractivity (Wildman–Crippen MR) is 60.8 cm³/mol. The number of hydrogen-bond acceptors (Lipinski definition) is 6. The van der Waals surface area contributed by atoms with Gasteiger partial charge in [0.2, 0.25) is 0 Å². The zero-order chi connectivity index (χ0) is 14.0. The molecule has 2 aromatic heterocycles. The molecule has 19 heavy (non-hydrogen) atoms. The summed E-state index contributed by atoms with van der Waals surface area (Å²) in [7, 11) is -4.02. The molecular formula is C9H10N4O5S. The Morgan fingerprint density at radius 1 is 1.58 bits per heavy atom. The van der Waals surface area contributed by atoms with Crippen LogP contribution in [0.4, 0.5) is 0 Å². The van der Waals surface area contributed by atoms with Crippen LogP contribution in [0.1, 0.15) is 21.8 Å². The first-order chi connectivity index (χ1) is 8.90. The largest absolute Gasteiger partial charge is 0.478 e. The van der Waals surface area contributed by atoms with Gasteiger partial charge in [0.25, 0.3) is 10.0 Å². The first-order valence-electron chi connectivity index (χ1n) is 5.08. The number of aryl methyl sites for hydroxylation is 1. The Bertz CT molecular complexity index is 702. The highest BCUT2D eigenvalue weighted by Gasteiger charge is 2.24. The van der Waals surface area contributed by atoms with Gasteiger partial charge in [0.05, 0.1) is 18.4 Å². The van der Waals surface area contributed by atoms with E-state index in [0.29, 0.717) is 11.5 Å². The van der Waals surface area contributed by atoms with Gasteiger partial charge in [-0.2, -0.15) is 5.10 Å². The molecule has 2 rings (SSSR count). The highest BCUT2D eigenvalue weighted by molar-refractivity contribution is 7.89. The average Bonchev–Trinajstić information content (AvgIpc) is 2.94. The molecule has 0 bridgehead atoms. The van der Waals surface area contributed by atoms with E-state index in [-0.39, 0.29) is 6.54 Å². The summed E-state index contributed by atoms with van der Waals surface area (Å²) < 4.78 is 30.8. The Hall–Kier alpha value is -2.20. The Balaban J connectivity index is 2.18.